The third-order valence-corrected chi connectivity index (χ3v) is 2.84. The highest BCUT2D eigenvalue weighted by molar-refractivity contribution is 5.63. The van der Waals surface area contributed by atoms with E-state index in [0.29, 0.717) is 23.2 Å². The van der Waals surface area contributed by atoms with Crippen LogP contribution in [0.5, 0.6) is 17.5 Å². The molecule has 104 valence electrons. The number of rotatable bonds is 4. The number of pyridine rings is 1. The van der Waals surface area contributed by atoms with Gasteiger partial charge in [-0.25, -0.2) is 15.0 Å². The van der Waals surface area contributed by atoms with Crippen LogP contribution in [0.25, 0.3) is 11.3 Å². The Balaban J connectivity index is 1.95. The molecule has 1 aromatic carbocycles. The third kappa shape index (κ3) is 2.97. The molecular formula is C16H13N3O2. The maximum atomic E-state index is 5.79. The number of benzene rings is 1. The van der Waals surface area contributed by atoms with Gasteiger partial charge in [-0.3, -0.25) is 0 Å². The van der Waals surface area contributed by atoms with Gasteiger partial charge in [0.1, 0.15) is 11.4 Å². The molecule has 0 fully saturated rings. The van der Waals surface area contributed by atoms with E-state index in [9.17, 15) is 0 Å². The van der Waals surface area contributed by atoms with Gasteiger partial charge in [-0.2, -0.15) is 0 Å². The number of hydrogen-bond donors (Lipinski definition) is 0. The summed E-state index contributed by atoms with van der Waals surface area (Å²) in [4.78, 5) is 12.8. The van der Waals surface area contributed by atoms with Gasteiger partial charge in [-0.05, 0) is 18.2 Å². The Hall–Kier alpha value is -2.95. The van der Waals surface area contributed by atoms with Crippen molar-refractivity contribution < 1.29 is 9.47 Å². The van der Waals surface area contributed by atoms with E-state index in [2.05, 4.69) is 15.0 Å². The Morgan fingerprint density at radius 3 is 2.38 bits per heavy atom. The van der Waals surface area contributed by atoms with Crippen molar-refractivity contribution in [1.82, 2.24) is 15.0 Å². The molecule has 2 heterocycles. The van der Waals surface area contributed by atoms with Crippen LogP contribution in [0.4, 0.5) is 0 Å². The van der Waals surface area contributed by atoms with Crippen LogP contribution >= 0.6 is 0 Å². The van der Waals surface area contributed by atoms with Crippen LogP contribution < -0.4 is 9.47 Å². The summed E-state index contributed by atoms with van der Waals surface area (Å²) in [6, 6.07) is 13.1. The molecule has 0 bridgehead atoms. The lowest BCUT2D eigenvalue weighted by atomic mass is 10.2. The molecule has 5 heteroatoms. The summed E-state index contributed by atoms with van der Waals surface area (Å²) in [5, 5.41) is 0. The van der Waals surface area contributed by atoms with Crippen molar-refractivity contribution >= 4 is 0 Å². The largest absolute Gasteiger partial charge is 0.481 e. The molecule has 0 N–H and O–H groups in total. The van der Waals surface area contributed by atoms with E-state index >= 15 is 0 Å². The summed E-state index contributed by atoms with van der Waals surface area (Å²) in [5.74, 6) is 1.70. The van der Waals surface area contributed by atoms with Crippen LogP contribution in [-0.4, -0.2) is 22.1 Å². The van der Waals surface area contributed by atoms with E-state index in [0.717, 1.165) is 5.56 Å². The summed E-state index contributed by atoms with van der Waals surface area (Å²) in [6.45, 7) is 0. The van der Waals surface area contributed by atoms with Gasteiger partial charge >= 0.3 is 0 Å². The fourth-order valence-corrected chi connectivity index (χ4v) is 1.84. The van der Waals surface area contributed by atoms with Crippen LogP contribution in [0.2, 0.25) is 0 Å². The molecule has 3 rings (SSSR count). The zero-order valence-corrected chi connectivity index (χ0v) is 11.4. The number of ether oxygens (including phenoxy) is 2. The molecule has 0 radical (unpaired) electrons. The number of para-hydroxylation sites is 1. The highest BCUT2D eigenvalue weighted by Crippen LogP contribution is 2.29. The lowest BCUT2D eigenvalue weighted by molar-refractivity contribution is 0.398. The van der Waals surface area contributed by atoms with Gasteiger partial charge in [0.25, 0.3) is 0 Å². The molecule has 0 aliphatic heterocycles. The molecule has 0 atom stereocenters. The van der Waals surface area contributed by atoms with Crippen LogP contribution in [0.15, 0.2) is 61.1 Å². The first-order valence-electron chi connectivity index (χ1n) is 6.41. The number of methoxy groups -OCH3 is 1. The molecule has 0 spiro atoms. The van der Waals surface area contributed by atoms with Gasteiger partial charge in [0.05, 0.1) is 7.11 Å². The predicted octanol–water partition coefficient (Wildman–Crippen LogP) is 3.34. The van der Waals surface area contributed by atoms with Crippen LogP contribution in [-0.2, 0) is 0 Å². The number of hydrogen-bond acceptors (Lipinski definition) is 5. The molecule has 0 saturated heterocycles. The first-order valence-corrected chi connectivity index (χ1v) is 6.41. The summed E-state index contributed by atoms with van der Waals surface area (Å²) in [6.07, 6.45) is 4.90. The first kappa shape index (κ1) is 13.1. The fourth-order valence-electron chi connectivity index (χ4n) is 1.84. The van der Waals surface area contributed by atoms with Gasteiger partial charge in [0.15, 0.2) is 0 Å². The van der Waals surface area contributed by atoms with Gasteiger partial charge in [-0.15, -0.1) is 0 Å². The normalized spacial score (nSPS) is 10.1. The molecule has 5 nitrogen and oxygen atoms in total. The number of aromatic nitrogens is 3. The van der Waals surface area contributed by atoms with Crippen molar-refractivity contribution in [2.75, 3.05) is 7.11 Å². The summed E-state index contributed by atoms with van der Waals surface area (Å²) < 4.78 is 10.8. The van der Waals surface area contributed by atoms with Crippen molar-refractivity contribution in [3.8, 4) is 28.8 Å². The van der Waals surface area contributed by atoms with Gasteiger partial charge in [-0.1, -0.05) is 18.2 Å². The molecule has 21 heavy (non-hydrogen) atoms. The van der Waals surface area contributed by atoms with Crippen LogP contribution in [0.3, 0.4) is 0 Å². The van der Waals surface area contributed by atoms with Crippen molar-refractivity contribution in [2.45, 2.75) is 0 Å². The maximum absolute atomic E-state index is 5.79. The number of nitrogens with zero attached hydrogens (tertiary/aromatic N) is 3. The molecule has 3 aromatic rings. The van der Waals surface area contributed by atoms with Gasteiger partial charge in [0, 0.05) is 30.2 Å². The van der Waals surface area contributed by atoms with Gasteiger partial charge in [0.2, 0.25) is 11.8 Å². The highest BCUT2D eigenvalue weighted by atomic mass is 16.5. The minimum atomic E-state index is 0.440. The SMILES string of the molecule is COc1ccc(-c2nccnc2Oc2ccccc2)cn1. The van der Waals surface area contributed by atoms with Crippen molar-refractivity contribution in [3.05, 3.63) is 61.1 Å². The lowest BCUT2D eigenvalue weighted by Gasteiger charge is -2.09. The molecule has 0 amide bonds. The predicted molar refractivity (Wildman–Crippen MR) is 78.3 cm³/mol. The van der Waals surface area contributed by atoms with Crippen molar-refractivity contribution in [3.63, 3.8) is 0 Å². The van der Waals surface area contributed by atoms with E-state index in [4.69, 9.17) is 9.47 Å². The first-order chi connectivity index (χ1) is 10.4. The van der Waals surface area contributed by atoms with Crippen LogP contribution in [0, 0.1) is 0 Å². The van der Waals surface area contributed by atoms with E-state index in [1.54, 1.807) is 31.8 Å². The second kappa shape index (κ2) is 6.00. The van der Waals surface area contributed by atoms with Crippen LogP contribution in [0.1, 0.15) is 0 Å². The zero-order valence-electron chi connectivity index (χ0n) is 11.4. The Bertz CT molecular complexity index is 715. The Labute approximate surface area is 122 Å². The topological polar surface area (TPSA) is 57.1 Å². The smallest absolute Gasteiger partial charge is 0.246 e. The van der Waals surface area contributed by atoms with Crippen molar-refractivity contribution in [1.29, 1.82) is 0 Å². The average Bonchev–Trinajstić information content (AvgIpc) is 2.56. The molecule has 0 aliphatic carbocycles. The fraction of sp³-hybridized carbons (Fsp3) is 0.0625. The molecular weight excluding hydrogens is 266 g/mol. The van der Waals surface area contributed by atoms with Crippen molar-refractivity contribution in [2.24, 2.45) is 0 Å². The summed E-state index contributed by atoms with van der Waals surface area (Å²) >= 11 is 0. The monoisotopic (exact) mass is 279 g/mol. The minimum Gasteiger partial charge on any atom is -0.481 e. The minimum absolute atomic E-state index is 0.440. The molecule has 0 saturated carbocycles. The van der Waals surface area contributed by atoms with E-state index in [1.807, 2.05) is 36.4 Å². The third-order valence-electron chi connectivity index (χ3n) is 2.84. The Morgan fingerprint density at radius 2 is 1.67 bits per heavy atom. The highest BCUT2D eigenvalue weighted by Gasteiger charge is 2.10. The summed E-state index contributed by atoms with van der Waals surface area (Å²) in [7, 11) is 1.58. The van der Waals surface area contributed by atoms with E-state index < -0.39 is 0 Å². The van der Waals surface area contributed by atoms with E-state index in [-0.39, 0.29) is 0 Å². The quantitative estimate of drug-likeness (QED) is 0.733. The molecule has 0 unspecified atom stereocenters. The summed E-state index contributed by atoms with van der Waals surface area (Å²) in [5.41, 5.74) is 1.45. The average molecular weight is 279 g/mol. The molecule has 2 aromatic heterocycles. The standard InChI is InChI=1S/C16H13N3O2/c1-20-14-8-7-12(11-19-14)15-16(18-10-9-17-15)21-13-5-3-2-4-6-13/h2-11H,1H3. The second-order valence-electron chi connectivity index (χ2n) is 4.21. The maximum Gasteiger partial charge on any atom is 0.246 e. The Morgan fingerprint density at radius 1 is 0.857 bits per heavy atom. The zero-order chi connectivity index (χ0) is 14.5. The van der Waals surface area contributed by atoms with Gasteiger partial charge < -0.3 is 9.47 Å². The molecule has 0 aliphatic rings. The van der Waals surface area contributed by atoms with E-state index in [1.165, 1.54) is 0 Å². The Kier molecular flexibility index (Phi) is 3.73. The lowest BCUT2D eigenvalue weighted by Crippen LogP contribution is -1.95. The second-order valence-corrected chi connectivity index (χ2v) is 4.21.